The fourth-order valence-corrected chi connectivity index (χ4v) is 7.13. The Hall–Kier alpha value is -1.68. The molecule has 34 heavy (non-hydrogen) atoms. The number of ether oxygens (including phenoxy) is 4. The molecule has 1 saturated heterocycles. The van der Waals surface area contributed by atoms with Crippen LogP contribution < -0.4 is 0 Å². The van der Waals surface area contributed by atoms with Crippen LogP contribution in [-0.2, 0) is 28.5 Å². The summed E-state index contributed by atoms with van der Waals surface area (Å²) in [4.78, 5) is 25.2. The first-order valence-corrected chi connectivity index (χ1v) is 12.0. The first-order valence-electron chi connectivity index (χ1n) is 12.0. The summed E-state index contributed by atoms with van der Waals surface area (Å²) in [6.45, 7) is 3.74. The Morgan fingerprint density at radius 3 is 2.18 bits per heavy atom. The van der Waals surface area contributed by atoms with E-state index in [1.807, 2.05) is 0 Å². The molecule has 6 nitrogen and oxygen atoms in total. The molecule has 0 amide bonds. The molecule has 1 spiro atoms. The Balaban J connectivity index is 1.31. The van der Waals surface area contributed by atoms with Gasteiger partial charge in [0.2, 0.25) is 0 Å². The number of halogens is 4. The maximum atomic E-state index is 14.2. The number of rotatable bonds is 5. The molecular formula is C24H30F4O6. The molecule has 190 valence electrons. The third kappa shape index (κ3) is 3.75. The van der Waals surface area contributed by atoms with Crippen LogP contribution >= 0.6 is 0 Å². The second kappa shape index (κ2) is 7.66. The number of esters is 2. The molecule has 2 atom stereocenters. The lowest BCUT2D eigenvalue weighted by atomic mass is 9.51. The highest BCUT2D eigenvalue weighted by atomic mass is 19.3. The van der Waals surface area contributed by atoms with E-state index in [9.17, 15) is 27.2 Å². The van der Waals surface area contributed by atoms with Gasteiger partial charge in [0.05, 0.1) is 6.42 Å². The highest BCUT2D eigenvalue weighted by molar-refractivity contribution is 5.87. The first-order chi connectivity index (χ1) is 15.8. The van der Waals surface area contributed by atoms with Crippen molar-refractivity contribution in [2.24, 2.45) is 17.8 Å². The molecule has 6 aliphatic rings. The van der Waals surface area contributed by atoms with Crippen LogP contribution in [0.25, 0.3) is 0 Å². The van der Waals surface area contributed by atoms with Gasteiger partial charge < -0.3 is 14.2 Å². The van der Waals surface area contributed by atoms with Crippen molar-refractivity contribution in [3.63, 3.8) is 0 Å². The standard InChI is InChI=1S/C24H30F4O6/c1-14(2)19(30)33-20(5-3-4-6-20)12-18(29)32-21-9-15-7-16(10-21)23(17(8-15)11-21)31-13-22(25,26)24(27,28)34-23/h15-17H,1,3-13H2,2H3. The Labute approximate surface area is 195 Å². The minimum atomic E-state index is -4.62. The minimum absolute atomic E-state index is 0.0871. The van der Waals surface area contributed by atoms with Gasteiger partial charge in [0.25, 0.3) is 0 Å². The summed E-state index contributed by atoms with van der Waals surface area (Å²) in [5, 5.41) is 0. The van der Waals surface area contributed by atoms with E-state index in [2.05, 4.69) is 6.58 Å². The Morgan fingerprint density at radius 1 is 1.00 bits per heavy atom. The van der Waals surface area contributed by atoms with Crippen LogP contribution in [-0.4, -0.2) is 47.6 Å². The Bertz CT molecular complexity index is 880. The number of hydrogen-bond acceptors (Lipinski definition) is 6. The smallest absolute Gasteiger partial charge is 0.424 e. The summed E-state index contributed by atoms with van der Waals surface area (Å²) in [6.07, 6.45) is 0.0587. The maximum absolute atomic E-state index is 14.2. The second-order valence-corrected chi connectivity index (χ2v) is 11.1. The van der Waals surface area contributed by atoms with E-state index in [1.165, 1.54) is 0 Å². The van der Waals surface area contributed by atoms with Gasteiger partial charge in [0.15, 0.2) is 5.79 Å². The van der Waals surface area contributed by atoms with Gasteiger partial charge >= 0.3 is 24.0 Å². The van der Waals surface area contributed by atoms with Crippen molar-refractivity contribution in [3.05, 3.63) is 12.2 Å². The van der Waals surface area contributed by atoms with E-state index in [-0.39, 0.29) is 30.8 Å². The molecule has 6 rings (SSSR count). The molecule has 10 heteroatoms. The highest BCUT2D eigenvalue weighted by Crippen LogP contribution is 2.65. The minimum Gasteiger partial charge on any atom is -0.459 e. The lowest BCUT2D eigenvalue weighted by molar-refractivity contribution is -0.509. The van der Waals surface area contributed by atoms with Gasteiger partial charge in [0.1, 0.15) is 17.8 Å². The summed E-state index contributed by atoms with van der Waals surface area (Å²) >= 11 is 0. The van der Waals surface area contributed by atoms with Crippen LogP contribution in [0.1, 0.15) is 71.1 Å². The molecule has 2 unspecified atom stereocenters. The van der Waals surface area contributed by atoms with Gasteiger partial charge in [-0.25, -0.2) is 4.79 Å². The zero-order valence-corrected chi connectivity index (χ0v) is 19.2. The van der Waals surface area contributed by atoms with Gasteiger partial charge in [0, 0.05) is 17.4 Å². The average molecular weight is 490 g/mol. The zero-order chi connectivity index (χ0) is 24.6. The average Bonchev–Trinajstić information content (AvgIpc) is 3.15. The summed E-state index contributed by atoms with van der Waals surface area (Å²) in [5.41, 5.74) is -1.56. The molecule has 0 radical (unpaired) electrons. The van der Waals surface area contributed by atoms with Crippen molar-refractivity contribution in [2.45, 2.75) is 100 Å². The fourth-order valence-electron chi connectivity index (χ4n) is 7.13. The van der Waals surface area contributed by atoms with Gasteiger partial charge in [-0.05, 0) is 70.6 Å². The molecule has 1 aliphatic heterocycles. The van der Waals surface area contributed by atoms with Gasteiger partial charge in [-0.1, -0.05) is 6.58 Å². The third-order valence-corrected chi connectivity index (χ3v) is 8.43. The van der Waals surface area contributed by atoms with E-state index in [4.69, 9.17) is 18.9 Å². The van der Waals surface area contributed by atoms with E-state index in [0.29, 0.717) is 32.1 Å². The third-order valence-electron chi connectivity index (χ3n) is 8.43. The molecule has 5 saturated carbocycles. The molecule has 0 aromatic carbocycles. The molecular weight excluding hydrogens is 460 g/mol. The Kier molecular flexibility index (Phi) is 5.41. The normalized spacial score (nSPS) is 40.8. The van der Waals surface area contributed by atoms with Crippen molar-refractivity contribution in [1.29, 1.82) is 0 Å². The van der Waals surface area contributed by atoms with Crippen molar-refractivity contribution in [1.82, 2.24) is 0 Å². The van der Waals surface area contributed by atoms with E-state index in [1.54, 1.807) is 6.92 Å². The van der Waals surface area contributed by atoms with Crippen molar-refractivity contribution in [3.8, 4) is 0 Å². The predicted octanol–water partition coefficient (Wildman–Crippen LogP) is 4.90. The topological polar surface area (TPSA) is 71.1 Å². The van der Waals surface area contributed by atoms with Crippen molar-refractivity contribution < 1.29 is 46.1 Å². The van der Waals surface area contributed by atoms with Crippen LogP contribution in [0.5, 0.6) is 0 Å². The van der Waals surface area contributed by atoms with Crippen LogP contribution in [0, 0.1) is 17.8 Å². The lowest BCUT2D eigenvalue weighted by Crippen LogP contribution is -2.72. The van der Waals surface area contributed by atoms with Crippen molar-refractivity contribution >= 4 is 11.9 Å². The molecule has 0 aromatic heterocycles. The number of carbonyl (C=O) groups excluding carboxylic acids is 2. The van der Waals surface area contributed by atoms with E-state index < -0.39 is 59.4 Å². The van der Waals surface area contributed by atoms with Crippen LogP contribution in [0.4, 0.5) is 17.6 Å². The maximum Gasteiger partial charge on any atom is 0.424 e. The van der Waals surface area contributed by atoms with Gasteiger partial charge in [-0.15, -0.1) is 0 Å². The molecule has 0 N–H and O–H groups in total. The molecule has 1 heterocycles. The lowest BCUT2D eigenvalue weighted by Gasteiger charge is -2.64. The molecule has 6 fully saturated rings. The molecule has 4 bridgehead atoms. The number of alkyl halides is 4. The largest absolute Gasteiger partial charge is 0.459 e. The fraction of sp³-hybridized carbons (Fsp3) is 0.833. The monoisotopic (exact) mass is 490 g/mol. The zero-order valence-electron chi connectivity index (χ0n) is 19.2. The van der Waals surface area contributed by atoms with Crippen LogP contribution in [0.2, 0.25) is 0 Å². The molecule has 5 aliphatic carbocycles. The second-order valence-electron chi connectivity index (χ2n) is 11.1. The van der Waals surface area contributed by atoms with Crippen LogP contribution in [0.15, 0.2) is 12.2 Å². The summed E-state index contributed by atoms with van der Waals surface area (Å²) in [6, 6.07) is 0. The summed E-state index contributed by atoms with van der Waals surface area (Å²) < 4.78 is 77.5. The van der Waals surface area contributed by atoms with E-state index >= 15 is 0 Å². The number of hydrogen-bond donors (Lipinski definition) is 0. The Morgan fingerprint density at radius 2 is 1.62 bits per heavy atom. The molecule has 0 aromatic rings. The van der Waals surface area contributed by atoms with Crippen LogP contribution in [0.3, 0.4) is 0 Å². The van der Waals surface area contributed by atoms with Gasteiger partial charge in [-0.3, -0.25) is 9.53 Å². The first kappa shape index (κ1) is 24.0. The SMILES string of the molecule is C=C(C)C(=O)OC1(CC(=O)OC23CC4CC(C2)C2(OCC(F)(F)C(F)(F)O2)C(C4)C3)CCCC1. The van der Waals surface area contributed by atoms with Gasteiger partial charge in [-0.2, -0.15) is 17.6 Å². The van der Waals surface area contributed by atoms with E-state index in [0.717, 1.165) is 12.8 Å². The highest BCUT2D eigenvalue weighted by Gasteiger charge is 2.74. The summed E-state index contributed by atoms with van der Waals surface area (Å²) in [7, 11) is 0. The summed E-state index contributed by atoms with van der Waals surface area (Å²) in [5.74, 6) is -8.27. The predicted molar refractivity (Wildman–Crippen MR) is 109 cm³/mol. The quantitative estimate of drug-likeness (QED) is 0.310. The number of carbonyl (C=O) groups is 2. The van der Waals surface area contributed by atoms with Crippen molar-refractivity contribution in [2.75, 3.05) is 6.61 Å².